The van der Waals surface area contributed by atoms with Gasteiger partial charge in [0, 0.05) is 11.3 Å². The third kappa shape index (κ3) is 3.19. The number of amides is 1. The van der Waals surface area contributed by atoms with Crippen LogP contribution in [0.2, 0.25) is 5.02 Å². The fraction of sp³-hybridized carbons (Fsp3) is 0.0476. The van der Waals surface area contributed by atoms with Gasteiger partial charge >= 0.3 is 0 Å². The van der Waals surface area contributed by atoms with Gasteiger partial charge in [-0.15, -0.1) is 0 Å². The first kappa shape index (κ1) is 16.4. The number of nitrogens with one attached hydrogen (secondary N) is 2. The predicted octanol–water partition coefficient (Wildman–Crippen LogP) is 5.44. The average Bonchev–Trinajstić information content (AvgIpc) is 3.06. The van der Waals surface area contributed by atoms with Crippen molar-refractivity contribution in [3.05, 3.63) is 82.9 Å². The summed E-state index contributed by atoms with van der Waals surface area (Å²) >= 11 is 6.16. The molecule has 0 saturated heterocycles. The standard InChI is InChI=1S/C21H16ClN3O/c1-13-6-11-16(17(22)12-13)21(26)23-15-9-7-14(8-10-15)20-24-18-4-2-3-5-19(18)25-20/h2-12H,1H3,(H,23,26)(H,24,25). The number of halogens is 1. The highest BCUT2D eigenvalue weighted by Gasteiger charge is 2.11. The number of imidazole rings is 1. The number of carbonyl (C=O) groups is 1. The van der Waals surface area contributed by atoms with Gasteiger partial charge in [-0.05, 0) is 61.0 Å². The van der Waals surface area contributed by atoms with Crippen molar-refractivity contribution in [3.63, 3.8) is 0 Å². The van der Waals surface area contributed by atoms with Crippen LogP contribution < -0.4 is 5.32 Å². The van der Waals surface area contributed by atoms with E-state index >= 15 is 0 Å². The Labute approximate surface area is 155 Å². The maximum atomic E-state index is 12.4. The molecule has 0 atom stereocenters. The summed E-state index contributed by atoms with van der Waals surface area (Å²) in [5.74, 6) is 0.567. The molecule has 128 valence electrons. The molecule has 3 aromatic carbocycles. The van der Waals surface area contributed by atoms with E-state index in [4.69, 9.17) is 11.6 Å². The Morgan fingerprint density at radius 1 is 1.04 bits per heavy atom. The summed E-state index contributed by atoms with van der Waals surface area (Å²) in [6.07, 6.45) is 0. The SMILES string of the molecule is Cc1ccc(C(=O)Nc2ccc(-c3nc4ccccc4[nH]3)cc2)c(Cl)c1. The summed E-state index contributed by atoms with van der Waals surface area (Å²) < 4.78 is 0. The molecule has 0 unspecified atom stereocenters. The highest BCUT2D eigenvalue weighted by Crippen LogP contribution is 2.23. The molecule has 0 radical (unpaired) electrons. The summed E-state index contributed by atoms with van der Waals surface area (Å²) in [6.45, 7) is 1.93. The summed E-state index contributed by atoms with van der Waals surface area (Å²) in [7, 11) is 0. The molecule has 0 saturated carbocycles. The normalized spacial score (nSPS) is 10.8. The zero-order chi connectivity index (χ0) is 18.1. The zero-order valence-electron chi connectivity index (χ0n) is 14.1. The van der Waals surface area contributed by atoms with Crippen LogP contribution in [-0.2, 0) is 0 Å². The Balaban J connectivity index is 1.55. The number of para-hydroxylation sites is 2. The molecule has 0 bridgehead atoms. The molecular formula is C21H16ClN3O. The van der Waals surface area contributed by atoms with Crippen LogP contribution in [0.15, 0.2) is 66.7 Å². The van der Waals surface area contributed by atoms with Crippen LogP contribution >= 0.6 is 11.6 Å². The molecule has 0 fully saturated rings. The number of benzene rings is 3. The summed E-state index contributed by atoms with van der Waals surface area (Å²) in [6, 6.07) is 20.8. The van der Waals surface area contributed by atoms with Gasteiger partial charge in [-0.2, -0.15) is 0 Å². The lowest BCUT2D eigenvalue weighted by molar-refractivity contribution is 0.102. The molecule has 4 rings (SSSR count). The number of aromatic amines is 1. The number of aryl methyl sites for hydroxylation is 1. The van der Waals surface area contributed by atoms with Gasteiger partial charge in [0.25, 0.3) is 5.91 Å². The smallest absolute Gasteiger partial charge is 0.257 e. The first-order valence-electron chi connectivity index (χ1n) is 8.23. The first-order valence-corrected chi connectivity index (χ1v) is 8.61. The van der Waals surface area contributed by atoms with E-state index in [9.17, 15) is 4.79 Å². The van der Waals surface area contributed by atoms with Crippen molar-refractivity contribution in [2.75, 3.05) is 5.32 Å². The van der Waals surface area contributed by atoms with Crippen molar-refractivity contribution >= 4 is 34.2 Å². The first-order chi connectivity index (χ1) is 12.6. The van der Waals surface area contributed by atoms with Gasteiger partial charge in [0.15, 0.2) is 0 Å². The van der Waals surface area contributed by atoms with Crippen LogP contribution in [0.1, 0.15) is 15.9 Å². The lowest BCUT2D eigenvalue weighted by atomic mass is 10.1. The second-order valence-corrected chi connectivity index (χ2v) is 6.52. The zero-order valence-corrected chi connectivity index (χ0v) is 14.8. The molecule has 0 aliphatic rings. The van der Waals surface area contributed by atoms with E-state index < -0.39 is 0 Å². The van der Waals surface area contributed by atoms with Crippen molar-refractivity contribution in [2.24, 2.45) is 0 Å². The van der Waals surface area contributed by atoms with Crippen LogP contribution in [0.5, 0.6) is 0 Å². The van der Waals surface area contributed by atoms with Gasteiger partial charge in [-0.25, -0.2) is 4.98 Å². The van der Waals surface area contributed by atoms with Crippen LogP contribution in [-0.4, -0.2) is 15.9 Å². The van der Waals surface area contributed by atoms with E-state index in [-0.39, 0.29) is 5.91 Å². The van der Waals surface area contributed by atoms with Crippen molar-refractivity contribution in [2.45, 2.75) is 6.92 Å². The third-order valence-electron chi connectivity index (χ3n) is 4.17. The molecule has 26 heavy (non-hydrogen) atoms. The molecule has 0 spiro atoms. The summed E-state index contributed by atoms with van der Waals surface area (Å²) in [5, 5.41) is 3.32. The van der Waals surface area contributed by atoms with Crippen LogP contribution in [0.4, 0.5) is 5.69 Å². The number of rotatable bonds is 3. The molecule has 1 aromatic heterocycles. The molecule has 2 N–H and O–H groups in total. The Kier molecular flexibility index (Phi) is 4.19. The Hall–Kier alpha value is -3.11. The summed E-state index contributed by atoms with van der Waals surface area (Å²) in [5.41, 5.74) is 5.04. The van der Waals surface area contributed by atoms with Gasteiger partial charge in [0.2, 0.25) is 0 Å². The molecule has 4 aromatic rings. The molecule has 5 heteroatoms. The maximum absolute atomic E-state index is 12.4. The van der Waals surface area contributed by atoms with Gasteiger partial charge in [-0.1, -0.05) is 29.8 Å². The monoisotopic (exact) mass is 361 g/mol. The number of fused-ring (bicyclic) bond motifs is 1. The second-order valence-electron chi connectivity index (χ2n) is 6.12. The van der Waals surface area contributed by atoms with Crippen molar-refractivity contribution < 1.29 is 4.79 Å². The number of hydrogen-bond donors (Lipinski definition) is 2. The Morgan fingerprint density at radius 3 is 2.54 bits per heavy atom. The fourth-order valence-corrected chi connectivity index (χ4v) is 3.12. The number of hydrogen-bond acceptors (Lipinski definition) is 2. The minimum atomic E-state index is -0.230. The maximum Gasteiger partial charge on any atom is 0.257 e. The lowest BCUT2D eigenvalue weighted by Gasteiger charge is -2.08. The van der Waals surface area contributed by atoms with E-state index in [0.29, 0.717) is 16.3 Å². The van der Waals surface area contributed by atoms with Crippen molar-refractivity contribution in [1.82, 2.24) is 9.97 Å². The van der Waals surface area contributed by atoms with E-state index in [1.54, 1.807) is 12.1 Å². The van der Waals surface area contributed by atoms with Crippen molar-refractivity contribution in [3.8, 4) is 11.4 Å². The van der Waals surface area contributed by atoms with Crippen LogP contribution in [0, 0.1) is 6.92 Å². The molecule has 4 nitrogen and oxygen atoms in total. The number of carbonyl (C=O) groups excluding carboxylic acids is 1. The highest BCUT2D eigenvalue weighted by atomic mass is 35.5. The molecule has 0 aliphatic heterocycles. The van der Waals surface area contributed by atoms with Gasteiger partial charge < -0.3 is 10.3 Å². The van der Waals surface area contributed by atoms with Gasteiger partial charge in [0.05, 0.1) is 21.6 Å². The fourth-order valence-electron chi connectivity index (χ4n) is 2.80. The van der Waals surface area contributed by atoms with Gasteiger partial charge in [-0.3, -0.25) is 4.79 Å². The van der Waals surface area contributed by atoms with E-state index in [2.05, 4.69) is 15.3 Å². The molecule has 1 heterocycles. The van der Waals surface area contributed by atoms with Gasteiger partial charge in [0.1, 0.15) is 5.82 Å². The summed E-state index contributed by atoms with van der Waals surface area (Å²) in [4.78, 5) is 20.3. The topological polar surface area (TPSA) is 57.8 Å². The Morgan fingerprint density at radius 2 is 1.81 bits per heavy atom. The number of H-pyrrole nitrogens is 1. The number of aromatic nitrogens is 2. The molecule has 0 aliphatic carbocycles. The van der Waals surface area contributed by atoms with Crippen LogP contribution in [0.3, 0.4) is 0 Å². The minimum absolute atomic E-state index is 0.230. The number of nitrogens with zero attached hydrogens (tertiary/aromatic N) is 1. The molecular weight excluding hydrogens is 346 g/mol. The molecule has 1 amide bonds. The van der Waals surface area contributed by atoms with Crippen LogP contribution in [0.25, 0.3) is 22.4 Å². The van der Waals surface area contributed by atoms with E-state index in [1.165, 1.54) is 0 Å². The average molecular weight is 362 g/mol. The Bertz CT molecular complexity index is 1070. The largest absolute Gasteiger partial charge is 0.338 e. The predicted molar refractivity (Wildman–Crippen MR) is 106 cm³/mol. The van der Waals surface area contributed by atoms with E-state index in [0.717, 1.165) is 28.0 Å². The number of anilines is 1. The van der Waals surface area contributed by atoms with E-state index in [1.807, 2.05) is 61.5 Å². The minimum Gasteiger partial charge on any atom is -0.338 e. The lowest BCUT2D eigenvalue weighted by Crippen LogP contribution is -2.12. The third-order valence-corrected chi connectivity index (χ3v) is 4.49. The second kappa shape index (κ2) is 6.65. The highest BCUT2D eigenvalue weighted by molar-refractivity contribution is 6.34. The quantitative estimate of drug-likeness (QED) is 0.510. The van der Waals surface area contributed by atoms with Crippen molar-refractivity contribution in [1.29, 1.82) is 0 Å².